The van der Waals surface area contributed by atoms with E-state index in [-0.39, 0.29) is 6.04 Å². The molecular formula is C14H24N2O2S. The van der Waals surface area contributed by atoms with Gasteiger partial charge in [-0.15, -0.1) is 0 Å². The molecule has 19 heavy (non-hydrogen) atoms. The van der Waals surface area contributed by atoms with Crippen molar-refractivity contribution in [2.45, 2.75) is 58.1 Å². The van der Waals surface area contributed by atoms with Crippen LogP contribution in [0, 0.1) is 6.92 Å². The second-order valence-electron chi connectivity index (χ2n) is 5.41. The molecule has 0 aliphatic carbocycles. The molecule has 0 unspecified atom stereocenters. The average Bonchev–Trinajstić information content (AvgIpc) is 2.25. The van der Waals surface area contributed by atoms with Gasteiger partial charge in [0.1, 0.15) is 0 Å². The van der Waals surface area contributed by atoms with Crippen molar-refractivity contribution in [3.05, 3.63) is 29.3 Å². The first kappa shape index (κ1) is 16.1. The maximum atomic E-state index is 12.2. The molecule has 0 saturated carbocycles. The normalized spacial score (nSPS) is 12.4. The molecule has 2 N–H and O–H groups in total. The Balaban J connectivity index is 3.03. The Morgan fingerprint density at radius 2 is 1.74 bits per heavy atom. The highest BCUT2D eigenvalue weighted by atomic mass is 32.2. The minimum absolute atomic E-state index is 0.109. The Morgan fingerprint density at radius 1 is 1.11 bits per heavy atom. The third kappa shape index (κ3) is 4.93. The molecule has 5 heteroatoms. The van der Waals surface area contributed by atoms with E-state index in [0.717, 1.165) is 11.1 Å². The summed E-state index contributed by atoms with van der Waals surface area (Å²) in [6.07, 6.45) is 0. The van der Waals surface area contributed by atoms with Gasteiger partial charge in [-0.25, -0.2) is 13.1 Å². The predicted octanol–water partition coefficient (Wildman–Crippen LogP) is 2.18. The summed E-state index contributed by atoms with van der Waals surface area (Å²) in [5.41, 5.74) is 1.74. The first-order valence-corrected chi connectivity index (χ1v) is 8.06. The molecule has 0 radical (unpaired) electrons. The Hall–Kier alpha value is -0.910. The Labute approximate surface area is 116 Å². The van der Waals surface area contributed by atoms with E-state index in [4.69, 9.17) is 0 Å². The van der Waals surface area contributed by atoms with Crippen LogP contribution in [0.1, 0.15) is 38.8 Å². The molecule has 0 fully saturated rings. The maximum absolute atomic E-state index is 12.2. The molecule has 0 aliphatic heterocycles. The molecule has 0 saturated heterocycles. The first-order valence-electron chi connectivity index (χ1n) is 6.57. The zero-order valence-corrected chi connectivity index (χ0v) is 13.1. The van der Waals surface area contributed by atoms with Crippen molar-refractivity contribution in [3.63, 3.8) is 0 Å². The topological polar surface area (TPSA) is 58.2 Å². The van der Waals surface area contributed by atoms with E-state index in [1.54, 1.807) is 6.07 Å². The van der Waals surface area contributed by atoms with E-state index in [2.05, 4.69) is 23.9 Å². The summed E-state index contributed by atoms with van der Waals surface area (Å²) in [5.74, 6) is 0. The number of aryl methyl sites for hydroxylation is 1. The lowest BCUT2D eigenvalue weighted by Crippen LogP contribution is -2.31. The van der Waals surface area contributed by atoms with Gasteiger partial charge in [0.05, 0.1) is 4.90 Å². The number of rotatable bonds is 6. The average molecular weight is 284 g/mol. The van der Waals surface area contributed by atoms with Gasteiger partial charge in [0.15, 0.2) is 0 Å². The lowest BCUT2D eigenvalue weighted by atomic mass is 10.1. The van der Waals surface area contributed by atoms with E-state index in [1.807, 2.05) is 32.9 Å². The molecule has 1 rings (SSSR count). The van der Waals surface area contributed by atoms with Crippen molar-refractivity contribution in [3.8, 4) is 0 Å². The van der Waals surface area contributed by atoms with Crippen molar-refractivity contribution in [2.75, 3.05) is 0 Å². The third-order valence-corrected chi connectivity index (χ3v) is 4.45. The maximum Gasteiger partial charge on any atom is 0.241 e. The molecule has 1 aromatic carbocycles. The molecule has 0 amide bonds. The van der Waals surface area contributed by atoms with Gasteiger partial charge in [0.25, 0.3) is 0 Å². The van der Waals surface area contributed by atoms with Crippen LogP contribution in [-0.2, 0) is 16.6 Å². The summed E-state index contributed by atoms with van der Waals surface area (Å²) >= 11 is 0. The van der Waals surface area contributed by atoms with Crippen molar-refractivity contribution in [1.29, 1.82) is 0 Å². The molecule has 0 atom stereocenters. The van der Waals surface area contributed by atoms with Crippen LogP contribution in [0.5, 0.6) is 0 Å². The van der Waals surface area contributed by atoms with E-state index >= 15 is 0 Å². The Kier molecular flexibility index (Phi) is 5.52. The second-order valence-corrected chi connectivity index (χ2v) is 7.09. The first-order chi connectivity index (χ1) is 8.72. The molecular weight excluding hydrogens is 260 g/mol. The van der Waals surface area contributed by atoms with Gasteiger partial charge in [-0.1, -0.05) is 26.0 Å². The van der Waals surface area contributed by atoms with Crippen LogP contribution in [0.4, 0.5) is 0 Å². The molecule has 0 heterocycles. The van der Waals surface area contributed by atoms with Crippen LogP contribution in [0.3, 0.4) is 0 Å². The van der Waals surface area contributed by atoms with Gasteiger partial charge in [-0.2, -0.15) is 0 Å². The quantitative estimate of drug-likeness (QED) is 0.842. The van der Waals surface area contributed by atoms with Crippen LogP contribution in [0.25, 0.3) is 0 Å². The summed E-state index contributed by atoms with van der Waals surface area (Å²) in [7, 11) is -3.43. The summed E-state index contributed by atoms with van der Waals surface area (Å²) in [4.78, 5) is 0.365. The van der Waals surface area contributed by atoms with Gasteiger partial charge in [-0.3, -0.25) is 0 Å². The molecule has 4 nitrogen and oxygen atoms in total. The third-order valence-electron chi connectivity index (χ3n) is 2.65. The SMILES string of the molecule is Cc1ccc(CNC(C)C)cc1S(=O)(=O)NC(C)C. The van der Waals surface area contributed by atoms with Gasteiger partial charge in [0.2, 0.25) is 10.0 Å². The molecule has 0 aromatic heterocycles. The van der Waals surface area contributed by atoms with E-state index in [1.165, 1.54) is 0 Å². The van der Waals surface area contributed by atoms with Crippen LogP contribution in [0.15, 0.2) is 23.1 Å². The number of sulfonamides is 1. The minimum Gasteiger partial charge on any atom is -0.310 e. The van der Waals surface area contributed by atoms with Gasteiger partial charge < -0.3 is 5.32 Å². The Morgan fingerprint density at radius 3 is 2.26 bits per heavy atom. The summed E-state index contributed by atoms with van der Waals surface area (Å²) in [6.45, 7) is 10.2. The van der Waals surface area contributed by atoms with Crippen molar-refractivity contribution in [1.82, 2.24) is 10.0 Å². The number of hydrogen-bond donors (Lipinski definition) is 2. The zero-order valence-electron chi connectivity index (χ0n) is 12.3. The monoisotopic (exact) mass is 284 g/mol. The van der Waals surface area contributed by atoms with Gasteiger partial charge >= 0.3 is 0 Å². The highest BCUT2D eigenvalue weighted by Gasteiger charge is 2.18. The van der Waals surface area contributed by atoms with Crippen LogP contribution >= 0.6 is 0 Å². The summed E-state index contributed by atoms with van der Waals surface area (Å²) < 4.78 is 27.1. The molecule has 1 aromatic rings. The molecule has 0 bridgehead atoms. The Bertz CT molecular complexity index is 522. The zero-order chi connectivity index (χ0) is 14.6. The van der Waals surface area contributed by atoms with Gasteiger partial charge in [0, 0.05) is 18.6 Å². The van der Waals surface area contributed by atoms with Crippen LogP contribution in [-0.4, -0.2) is 20.5 Å². The van der Waals surface area contributed by atoms with Crippen molar-refractivity contribution in [2.24, 2.45) is 0 Å². The smallest absolute Gasteiger partial charge is 0.241 e. The summed E-state index contributed by atoms with van der Waals surface area (Å²) in [5, 5.41) is 3.29. The van der Waals surface area contributed by atoms with Crippen molar-refractivity contribution < 1.29 is 8.42 Å². The predicted molar refractivity (Wildman–Crippen MR) is 78.6 cm³/mol. The van der Waals surface area contributed by atoms with Gasteiger partial charge in [-0.05, 0) is 38.0 Å². The van der Waals surface area contributed by atoms with Crippen LogP contribution in [0.2, 0.25) is 0 Å². The van der Waals surface area contributed by atoms with Crippen LogP contribution < -0.4 is 10.0 Å². The minimum atomic E-state index is -3.43. The largest absolute Gasteiger partial charge is 0.310 e. The van der Waals surface area contributed by atoms with Crippen molar-refractivity contribution >= 4 is 10.0 Å². The molecule has 108 valence electrons. The van der Waals surface area contributed by atoms with E-state index in [9.17, 15) is 8.42 Å². The fourth-order valence-corrected chi connectivity index (χ4v) is 3.29. The number of nitrogens with one attached hydrogen (secondary N) is 2. The lowest BCUT2D eigenvalue weighted by molar-refractivity contribution is 0.568. The highest BCUT2D eigenvalue weighted by Crippen LogP contribution is 2.17. The molecule has 0 spiro atoms. The standard InChI is InChI=1S/C14H24N2O2S/c1-10(2)15-9-13-7-6-12(5)14(8-13)19(17,18)16-11(3)4/h6-8,10-11,15-16H,9H2,1-5H3. The number of benzene rings is 1. The summed E-state index contributed by atoms with van der Waals surface area (Å²) in [6, 6.07) is 5.82. The number of hydrogen-bond acceptors (Lipinski definition) is 3. The van der Waals surface area contributed by atoms with E-state index in [0.29, 0.717) is 17.5 Å². The second kappa shape index (κ2) is 6.50. The highest BCUT2D eigenvalue weighted by molar-refractivity contribution is 7.89. The molecule has 0 aliphatic rings. The lowest BCUT2D eigenvalue weighted by Gasteiger charge is -2.14. The fraction of sp³-hybridized carbons (Fsp3) is 0.571. The van der Waals surface area contributed by atoms with E-state index < -0.39 is 10.0 Å². The fourth-order valence-electron chi connectivity index (χ4n) is 1.74.